The monoisotopic (exact) mass is 530 g/mol. The van der Waals surface area contributed by atoms with Crippen LogP contribution in [-0.4, -0.2) is 28.1 Å². The molecule has 0 aliphatic carbocycles. The predicted octanol–water partition coefficient (Wildman–Crippen LogP) is 5.86. The van der Waals surface area contributed by atoms with Crippen LogP contribution in [-0.2, 0) is 17.4 Å². The number of benzene rings is 3. The summed E-state index contributed by atoms with van der Waals surface area (Å²) in [6, 6.07) is 18.8. The molecule has 2 amide bonds. The molecule has 2 N–H and O–H groups in total. The van der Waals surface area contributed by atoms with Gasteiger partial charge in [0.15, 0.2) is 0 Å². The Morgan fingerprint density at radius 1 is 0.944 bits per heavy atom. The second kappa shape index (κ2) is 10.9. The van der Waals surface area contributed by atoms with E-state index in [1.54, 1.807) is 48.5 Å². The number of nitrogens with one attached hydrogen (secondary N) is 2. The van der Waals surface area contributed by atoms with Crippen molar-refractivity contribution in [2.45, 2.75) is 18.6 Å². The molecule has 36 heavy (non-hydrogen) atoms. The molecule has 184 valence electrons. The number of aromatic nitrogens is 2. The van der Waals surface area contributed by atoms with Gasteiger partial charge in [-0.1, -0.05) is 65.4 Å². The van der Waals surface area contributed by atoms with E-state index < -0.39 is 29.6 Å². The number of anilines is 1. The number of nitrogens with zero attached hydrogens (tertiary/aromatic N) is 2. The van der Waals surface area contributed by atoms with Crippen LogP contribution in [0, 0.1) is 0 Å². The van der Waals surface area contributed by atoms with Gasteiger partial charge in [-0.3, -0.25) is 14.9 Å². The molecule has 1 atom stereocenters. The van der Waals surface area contributed by atoms with Crippen LogP contribution in [0.4, 0.5) is 18.3 Å². The Bertz CT molecular complexity index is 1360. The van der Waals surface area contributed by atoms with Crippen molar-refractivity contribution in [2.75, 3.05) is 5.32 Å². The average Bonchev–Trinajstić information content (AvgIpc) is 3.32. The molecule has 1 aromatic heterocycles. The Kier molecular flexibility index (Phi) is 7.66. The van der Waals surface area contributed by atoms with Crippen LogP contribution in [0.25, 0.3) is 10.6 Å². The largest absolute Gasteiger partial charge is 0.416 e. The van der Waals surface area contributed by atoms with Gasteiger partial charge in [0, 0.05) is 22.6 Å². The van der Waals surface area contributed by atoms with Crippen molar-refractivity contribution in [1.29, 1.82) is 0 Å². The topological polar surface area (TPSA) is 84.0 Å². The Morgan fingerprint density at radius 3 is 2.33 bits per heavy atom. The van der Waals surface area contributed by atoms with E-state index in [2.05, 4.69) is 20.8 Å². The molecule has 0 bridgehead atoms. The van der Waals surface area contributed by atoms with Crippen LogP contribution in [0.1, 0.15) is 21.5 Å². The fourth-order valence-corrected chi connectivity index (χ4v) is 4.25. The fourth-order valence-electron chi connectivity index (χ4n) is 3.32. The van der Waals surface area contributed by atoms with E-state index in [1.807, 2.05) is 6.07 Å². The summed E-state index contributed by atoms with van der Waals surface area (Å²) >= 11 is 7.16. The van der Waals surface area contributed by atoms with Gasteiger partial charge in [-0.15, -0.1) is 10.2 Å². The lowest BCUT2D eigenvalue weighted by atomic mass is 10.0. The highest BCUT2D eigenvalue weighted by Crippen LogP contribution is 2.30. The third-order valence-corrected chi connectivity index (χ3v) is 6.23. The van der Waals surface area contributed by atoms with Crippen LogP contribution in [0.2, 0.25) is 5.02 Å². The van der Waals surface area contributed by atoms with Gasteiger partial charge in [0.1, 0.15) is 11.0 Å². The minimum atomic E-state index is -4.52. The Hall–Kier alpha value is -3.76. The molecular formula is C25H18ClF3N4O2S. The standard InChI is InChI=1S/C25H18ClF3N4O2S/c26-19-8-4-7-17(14-19)23-32-33-24(36-23)31-22(35)20(13-15-5-2-1-3-6-15)30-21(34)16-9-11-18(12-10-16)25(27,28)29/h1-12,14,20H,13H2,(H,30,34)(H,31,33,35). The molecule has 0 aliphatic rings. The maximum atomic E-state index is 13.1. The first-order valence-corrected chi connectivity index (χ1v) is 11.8. The molecule has 3 aromatic carbocycles. The highest BCUT2D eigenvalue weighted by molar-refractivity contribution is 7.18. The zero-order valence-corrected chi connectivity index (χ0v) is 20.0. The number of rotatable bonds is 7. The van der Waals surface area contributed by atoms with Gasteiger partial charge in [0.2, 0.25) is 11.0 Å². The molecule has 4 rings (SSSR count). The van der Waals surface area contributed by atoms with Crippen LogP contribution >= 0.6 is 22.9 Å². The first-order valence-electron chi connectivity index (χ1n) is 10.6. The first kappa shape index (κ1) is 25.3. The number of carbonyl (C=O) groups excluding carboxylic acids is 2. The average molecular weight is 531 g/mol. The third kappa shape index (κ3) is 6.46. The van der Waals surface area contributed by atoms with E-state index in [4.69, 9.17) is 11.6 Å². The minimum Gasteiger partial charge on any atom is -0.340 e. The summed E-state index contributed by atoms with van der Waals surface area (Å²) in [5, 5.41) is 14.6. The van der Waals surface area contributed by atoms with Crippen molar-refractivity contribution in [3.05, 3.63) is 101 Å². The molecule has 1 unspecified atom stereocenters. The summed E-state index contributed by atoms with van der Waals surface area (Å²) in [7, 11) is 0. The van der Waals surface area contributed by atoms with Crippen molar-refractivity contribution in [3.63, 3.8) is 0 Å². The molecule has 1 heterocycles. The maximum Gasteiger partial charge on any atom is 0.416 e. The normalized spacial score (nSPS) is 12.1. The van der Waals surface area contributed by atoms with Gasteiger partial charge >= 0.3 is 6.18 Å². The van der Waals surface area contributed by atoms with Gasteiger partial charge < -0.3 is 5.32 Å². The Labute approximate surface area is 213 Å². The van der Waals surface area contributed by atoms with E-state index in [9.17, 15) is 22.8 Å². The number of carbonyl (C=O) groups is 2. The van der Waals surface area contributed by atoms with E-state index in [1.165, 1.54) is 0 Å². The Morgan fingerprint density at radius 2 is 1.67 bits per heavy atom. The van der Waals surface area contributed by atoms with E-state index in [0.29, 0.717) is 10.0 Å². The van der Waals surface area contributed by atoms with E-state index in [0.717, 1.165) is 46.7 Å². The van der Waals surface area contributed by atoms with Gasteiger partial charge in [0.25, 0.3) is 5.91 Å². The molecule has 11 heteroatoms. The number of hydrogen-bond acceptors (Lipinski definition) is 5. The molecule has 0 fully saturated rings. The predicted molar refractivity (Wildman–Crippen MR) is 132 cm³/mol. The summed E-state index contributed by atoms with van der Waals surface area (Å²) in [4.78, 5) is 25.9. The van der Waals surface area contributed by atoms with Crippen molar-refractivity contribution < 1.29 is 22.8 Å². The lowest BCUT2D eigenvalue weighted by molar-refractivity contribution is -0.137. The minimum absolute atomic E-state index is 0.00646. The number of halogens is 4. The number of alkyl halides is 3. The number of amides is 2. The second-order valence-electron chi connectivity index (χ2n) is 7.70. The quantitative estimate of drug-likeness (QED) is 0.313. The summed E-state index contributed by atoms with van der Waals surface area (Å²) in [5.41, 5.74) is 0.636. The van der Waals surface area contributed by atoms with Crippen LogP contribution in [0.5, 0.6) is 0 Å². The summed E-state index contributed by atoms with van der Waals surface area (Å²) < 4.78 is 38.5. The molecule has 4 aromatic rings. The molecular weight excluding hydrogens is 513 g/mol. The lowest BCUT2D eigenvalue weighted by Gasteiger charge is -2.18. The van der Waals surface area contributed by atoms with Crippen LogP contribution < -0.4 is 10.6 Å². The number of hydrogen-bond donors (Lipinski definition) is 2. The zero-order valence-electron chi connectivity index (χ0n) is 18.4. The maximum absolute atomic E-state index is 13.1. The third-order valence-electron chi connectivity index (χ3n) is 5.11. The molecule has 6 nitrogen and oxygen atoms in total. The lowest BCUT2D eigenvalue weighted by Crippen LogP contribution is -2.45. The second-order valence-corrected chi connectivity index (χ2v) is 9.12. The van der Waals surface area contributed by atoms with Crippen molar-refractivity contribution in [2.24, 2.45) is 0 Å². The van der Waals surface area contributed by atoms with Gasteiger partial charge in [0.05, 0.1) is 5.56 Å². The first-order chi connectivity index (χ1) is 17.2. The van der Waals surface area contributed by atoms with Crippen molar-refractivity contribution in [3.8, 4) is 10.6 Å². The molecule has 0 radical (unpaired) electrons. The van der Waals surface area contributed by atoms with Crippen LogP contribution in [0.3, 0.4) is 0 Å². The zero-order chi connectivity index (χ0) is 25.7. The molecule has 0 aliphatic heterocycles. The van der Waals surface area contributed by atoms with E-state index >= 15 is 0 Å². The van der Waals surface area contributed by atoms with Crippen molar-refractivity contribution in [1.82, 2.24) is 15.5 Å². The Balaban J connectivity index is 1.51. The van der Waals surface area contributed by atoms with Crippen molar-refractivity contribution >= 4 is 39.9 Å². The highest BCUT2D eigenvalue weighted by Gasteiger charge is 2.30. The molecule has 0 saturated heterocycles. The molecule has 0 saturated carbocycles. The van der Waals surface area contributed by atoms with Crippen LogP contribution in [0.15, 0.2) is 78.9 Å². The smallest absolute Gasteiger partial charge is 0.340 e. The molecule has 0 spiro atoms. The van der Waals surface area contributed by atoms with Gasteiger partial charge in [-0.25, -0.2) is 0 Å². The van der Waals surface area contributed by atoms with Gasteiger partial charge in [-0.2, -0.15) is 13.2 Å². The summed E-state index contributed by atoms with van der Waals surface area (Å²) in [6.07, 6.45) is -4.37. The summed E-state index contributed by atoms with van der Waals surface area (Å²) in [5.74, 6) is -1.23. The van der Waals surface area contributed by atoms with E-state index in [-0.39, 0.29) is 17.1 Å². The SMILES string of the molecule is O=C(NC(Cc1ccccc1)C(=O)Nc1nnc(-c2cccc(Cl)c2)s1)c1ccc(C(F)(F)F)cc1. The van der Waals surface area contributed by atoms with Gasteiger partial charge in [-0.05, 0) is 42.0 Å². The summed E-state index contributed by atoms with van der Waals surface area (Å²) in [6.45, 7) is 0. The fraction of sp³-hybridized carbons (Fsp3) is 0.120. The highest BCUT2D eigenvalue weighted by atomic mass is 35.5.